The molecule has 5 nitrogen and oxygen atoms in total. The second-order valence-corrected chi connectivity index (χ2v) is 15.2. The number of rotatable bonds is 4. The lowest BCUT2D eigenvalue weighted by Gasteiger charge is -2.24. The van der Waals surface area contributed by atoms with Crippen LogP contribution < -0.4 is 5.32 Å². The third-order valence-electron chi connectivity index (χ3n) is 10.9. The van der Waals surface area contributed by atoms with Crippen LogP contribution in [0.25, 0.3) is 85.9 Å². The Labute approximate surface area is 318 Å². The van der Waals surface area contributed by atoms with Crippen molar-refractivity contribution < 1.29 is 8.83 Å². The lowest BCUT2D eigenvalue weighted by Crippen LogP contribution is -2.33. The van der Waals surface area contributed by atoms with E-state index in [-0.39, 0.29) is 0 Å². The average Bonchev–Trinajstić information content (AvgIpc) is 3.94. The molecule has 8 aromatic carbocycles. The van der Waals surface area contributed by atoms with Gasteiger partial charge in [0.1, 0.15) is 34.3 Å². The number of amidine groups is 2. The van der Waals surface area contributed by atoms with E-state index in [9.17, 15) is 0 Å². The third kappa shape index (κ3) is 4.78. The van der Waals surface area contributed by atoms with Crippen molar-refractivity contribution in [2.45, 2.75) is 6.17 Å². The van der Waals surface area contributed by atoms with Crippen molar-refractivity contribution in [3.8, 4) is 11.1 Å². The van der Waals surface area contributed by atoms with Crippen molar-refractivity contribution in [2.75, 3.05) is 0 Å². The molecular formula is C49H29N3O2S. The molecule has 11 aromatic rings. The van der Waals surface area contributed by atoms with E-state index in [0.29, 0.717) is 5.84 Å². The van der Waals surface area contributed by atoms with Crippen LogP contribution in [0.4, 0.5) is 0 Å². The fourth-order valence-electron chi connectivity index (χ4n) is 8.35. The zero-order valence-corrected chi connectivity index (χ0v) is 30.1. The monoisotopic (exact) mass is 723 g/mol. The Balaban J connectivity index is 1.05. The first-order valence-electron chi connectivity index (χ1n) is 18.4. The molecule has 1 N–H and O–H groups in total. The molecule has 0 amide bonds. The van der Waals surface area contributed by atoms with E-state index in [4.69, 9.17) is 18.8 Å². The molecule has 0 radical (unpaired) electrons. The Kier molecular flexibility index (Phi) is 6.50. The minimum Gasteiger partial charge on any atom is -0.456 e. The van der Waals surface area contributed by atoms with Gasteiger partial charge in [-0.05, 0) is 82.6 Å². The smallest absolute Gasteiger partial charge is 0.159 e. The van der Waals surface area contributed by atoms with E-state index in [1.165, 1.54) is 31.1 Å². The van der Waals surface area contributed by atoms with Gasteiger partial charge < -0.3 is 14.2 Å². The van der Waals surface area contributed by atoms with Gasteiger partial charge in [0.25, 0.3) is 0 Å². The van der Waals surface area contributed by atoms with Crippen LogP contribution in [0.3, 0.4) is 0 Å². The quantitative estimate of drug-likeness (QED) is 0.197. The summed E-state index contributed by atoms with van der Waals surface area (Å²) in [6.45, 7) is 0. The van der Waals surface area contributed by atoms with Crippen molar-refractivity contribution >= 4 is 97.8 Å². The molecule has 0 fully saturated rings. The van der Waals surface area contributed by atoms with Crippen LogP contribution in [0.2, 0.25) is 0 Å². The molecule has 0 aliphatic carbocycles. The largest absolute Gasteiger partial charge is 0.456 e. The molecule has 55 heavy (non-hydrogen) atoms. The van der Waals surface area contributed by atoms with Gasteiger partial charge in [-0.2, -0.15) is 0 Å². The van der Waals surface area contributed by atoms with Crippen LogP contribution in [-0.4, -0.2) is 11.7 Å². The van der Waals surface area contributed by atoms with E-state index in [1.54, 1.807) is 0 Å². The van der Waals surface area contributed by atoms with Crippen molar-refractivity contribution in [1.82, 2.24) is 5.32 Å². The summed E-state index contributed by atoms with van der Waals surface area (Å²) in [4.78, 5) is 10.6. The second kappa shape index (κ2) is 11.7. The van der Waals surface area contributed by atoms with Crippen LogP contribution in [0.1, 0.15) is 22.9 Å². The fourth-order valence-corrected chi connectivity index (χ4v) is 9.48. The van der Waals surface area contributed by atoms with Crippen LogP contribution in [0, 0.1) is 0 Å². The Morgan fingerprint density at radius 1 is 0.473 bits per heavy atom. The van der Waals surface area contributed by atoms with Gasteiger partial charge in [0, 0.05) is 58.4 Å². The Morgan fingerprint density at radius 2 is 1.16 bits per heavy atom. The summed E-state index contributed by atoms with van der Waals surface area (Å²) in [5.41, 5.74) is 8.68. The number of para-hydroxylation sites is 1. The highest BCUT2D eigenvalue weighted by Gasteiger charge is 2.25. The molecule has 4 heterocycles. The molecule has 1 aliphatic heterocycles. The Bertz CT molecular complexity index is 3440. The lowest BCUT2D eigenvalue weighted by molar-refractivity contribution is 0.662. The Hall–Kier alpha value is -7.02. The molecular weight excluding hydrogens is 695 g/mol. The zero-order valence-electron chi connectivity index (χ0n) is 29.3. The standard InChI is InChI=1S/C49H29N3O2S/c1-2-10-29-25-31(20-19-28(29)9-1)47-50-48(32-22-24-40-37(27-32)34-11-3-5-15-39(34)53-40)52-49(51-47)36-14-7-16-42-45(36)38-26-30(21-23-41(38)54-42)33-13-8-18-44-46(33)35-12-4-6-17-43(35)55-44/h1-27,49H,(H,50,51,52). The number of fused-ring (bicyclic) bond motifs is 10. The summed E-state index contributed by atoms with van der Waals surface area (Å²) in [6.07, 6.45) is -0.442. The SMILES string of the molecule is c1ccc2cc(C3=NC(c4cccc5oc6ccc(-c7cccc8sc9ccccc9c78)cc6c45)NC(c4ccc5oc6ccccc6c5c4)=N3)ccc2c1. The fraction of sp³-hybridized carbons (Fsp3) is 0.0204. The van der Waals surface area contributed by atoms with Gasteiger partial charge in [-0.15, -0.1) is 11.3 Å². The molecule has 258 valence electrons. The maximum atomic E-state index is 6.55. The summed E-state index contributed by atoms with van der Waals surface area (Å²) in [6, 6.07) is 57.4. The lowest BCUT2D eigenvalue weighted by atomic mass is 9.96. The average molecular weight is 724 g/mol. The van der Waals surface area contributed by atoms with Crippen LogP contribution in [-0.2, 0) is 0 Å². The minimum atomic E-state index is -0.442. The highest BCUT2D eigenvalue weighted by molar-refractivity contribution is 7.25. The summed E-state index contributed by atoms with van der Waals surface area (Å²) in [5.74, 6) is 1.42. The van der Waals surface area contributed by atoms with E-state index in [1.807, 2.05) is 35.6 Å². The van der Waals surface area contributed by atoms with Crippen LogP contribution >= 0.6 is 11.3 Å². The number of thiophene rings is 1. The van der Waals surface area contributed by atoms with E-state index < -0.39 is 6.17 Å². The predicted molar refractivity (Wildman–Crippen MR) is 229 cm³/mol. The highest BCUT2D eigenvalue weighted by Crippen LogP contribution is 2.43. The summed E-state index contributed by atoms with van der Waals surface area (Å²) in [7, 11) is 0. The number of aliphatic imine (C=N–C) groups is 2. The first-order chi connectivity index (χ1) is 27.2. The third-order valence-corrected chi connectivity index (χ3v) is 12.1. The molecule has 3 aromatic heterocycles. The molecule has 0 saturated heterocycles. The first-order valence-corrected chi connectivity index (χ1v) is 19.2. The highest BCUT2D eigenvalue weighted by atomic mass is 32.1. The first kappa shape index (κ1) is 30.4. The zero-order chi connectivity index (χ0) is 36.0. The predicted octanol–water partition coefficient (Wildman–Crippen LogP) is 13.2. The number of benzene rings is 8. The number of furan rings is 2. The van der Waals surface area contributed by atoms with Crippen molar-refractivity contribution in [2.24, 2.45) is 9.98 Å². The molecule has 1 unspecified atom stereocenters. The van der Waals surface area contributed by atoms with Gasteiger partial charge in [0.05, 0.1) is 0 Å². The van der Waals surface area contributed by atoms with E-state index in [0.717, 1.165) is 77.4 Å². The summed E-state index contributed by atoms with van der Waals surface area (Å²) < 4.78 is 15.3. The number of hydrogen-bond donors (Lipinski definition) is 1. The van der Waals surface area contributed by atoms with Gasteiger partial charge in [-0.25, -0.2) is 9.98 Å². The number of nitrogens with one attached hydrogen (secondary N) is 1. The van der Waals surface area contributed by atoms with Gasteiger partial charge in [0.2, 0.25) is 0 Å². The maximum absolute atomic E-state index is 6.55. The van der Waals surface area contributed by atoms with Crippen molar-refractivity contribution in [1.29, 1.82) is 0 Å². The molecule has 1 atom stereocenters. The summed E-state index contributed by atoms with van der Waals surface area (Å²) in [5, 5.41) is 12.9. The molecule has 0 saturated carbocycles. The van der Waals surface area contributed by atoms with Gasteiger partial charge >= 0.3 is 0 Å². The molecule has 1 aliphatic rings. The van der Waals surface area contributed by atoms with Crippen molar-refractivity contribution in [3.63, 3.8) is 0 Å². The van der Waals surface area contributed by atoms with Gasteiger partial charge in [-0.1, -0.05) is 103 Å². The van der Waals surface area contributed by atoms with E-state index >= 15 is 0 Å². The molecule has 0 spiro atoms. The topological polar surface area (TPSA) is 63.0 Å². The van der Waals surface area contributed by atoms with Gasteiger partial charge in [0.15, 0.2) is 5.84 Å². The number of nitrogens with zero attached hydrogens (tertiary/aromatic N) is 2. The molecule has 6 heteroatoms. The molecule has 12 rings (SSSR count). The second-order valence-electron chi connectivity index (χ2n) is 14.1. The summed E-state index contributed by atoms with van der Waals surface area (Å²) >= 11 is 1.84. The molecule has 0 bridgehead atoms. The van der Waals surface area contributed by atoms with Crippen LogP contribution in [0.5, 0.6) is 0 Å². The van der Waals surface area contributed by atoms with Gasteiger partial charge in [-0.3, -0.25) is 0 Å². The maximum Gasteiger partial charge on any atom is 0.159 e. The number of hydrogen-bond acceptors (Lipinski definition) is 6. The minimum absolute atomic E-state index is 0.442. The van der Waals surface area contributed by atoms with E-state index in [2.05, 4.69) is 145 Å². The normalized spacial score (nSPS) is 14.7. The Morgan fingerprint density at radius 3 is 2.11 bits per heavy atom. The van der Waals surface area contributed by atoms with Crippen LogP contribution in [0.15, 0.2) is 183 Å². The van der Waals surface area contributed by atoms with Crippen molar-refractivity contribution in [3.05, 3.63) is 180 Å².